The fourth-order valence-corrected chi connectivity index (χ4v) is 4.95. The molecule has 0 fully saturated rings. The molecule has 1 aromatic rings. The maximum Gasteiger partial charge on any atom is 0.255 e. The molecule has 30 heavy (non-hydrogen) atoms. The van der Waals surface area contributed by atoms with E-state index in [4.69, 9.17) is 5.73 Å². The first-order chi connectivity index (χ1) is 14.0. The van der Waals surface area contributed by atoms with Crippen LogP contribution >= 0.6 is 0 Å². The van der Waals surface area contributed by atoms with Crippen LogP contribution < -0.4 is 5.73 Å². The van der Waals surface area contributed by atoms with Crippen molar-refractivity contribution in [1.82, 2.24) is 0 Å². The van der Waals surface area contributed by atoms with Gasteiger partial charge in [-0.25, -0.2) is 0 Å². The van der Waals surface area contributed by atoms with Crippen molar-refractivity contribution in [3.63, 3.8) is 0 Å². The second kappa shape index (κ2) is 6.27. The molecule has 3 aliphatic carbocycles. The van der Waals surface area contributed by atoms with Crippen molar-refractivity contribution < 1.29 is 39.6 Å². The molecule has 0 radical (unpaired) electrons. The molecule has 1 amide bonds. The number of phenolic OH excluding ortho intramolecular Hbond substituents is 1. The van der Waals surface area contributed by atoms with Crippen LogP contribution in [-0.2, 0) is 16.0 Å². The van der Waals surface area contributed by atoms with E-state index in [0.29, 0.717) is 5.56 Å². The van der Waals surface area contributed by atoms with Crippen molar-refractivity contribution in [3.05, 3.63) is 51.5 Å². The first-order valence-electron chi connectivity index (χ1n) is 9.33. The summed E-state index contributed by atoms with van der Waals surface area (Å²) >= 11 is 0. The Bertz CT molecular complexity index is 1130. The van der Waals surface area contributed by atoms with Crippen molar-refractivity contribution in [3.8, 4) is 5.75 Å². The highest BCUT2D eigenvalue weighted by molar-refractivity contribution is 6.24. The summed E-state index contributed by atoms with van der Waals surface area (Å²) in [5.41, 5.74) is 1.90. The molecule has 0 unspecified atom stereocenters. The molecule has 0 aromatic heterocycles. The third-order valence-corrected chi connectivity index (χ3v) is 6.32. The minimum atomic E-state index is -2.59. The Balaban J connectivity index is 1.93. The van der Waals surface area contributed by atoms with Crippen molar-refractivity contribution >= 4 is 23.3 Å². The van der Waals surface area contributed by atoms with E-state index in [0.717, 1.165) is 0 Å². The van der Waals surface area contributed by atoms with Crippen molar-refractivity contribution in [1.29, 1.82) is 0 Å². The van der Waals surface area contributed by atoms with E-state index in [1.54, 1.807) is 0 Å². The topological polar surface area (TPSA) is 175 Å². The van der Waals surface area contributed by atoms with E-state index in [-0.39, 0.29) is 41.7 Å². The van der Waals surface area contributed by atoms with E-state index in [1.807, 2.05) is 0 Å². The van der Waals surface area contributed by atoms with E-state index in [2.05, 4.69) is 0 Å². The lowest BCUT2D eigenvalue weighted by Crippen LogP contribution is -2.57. The smallest absolute Gasteiger partial charge is 0.255 e. The highest BCUT2D eigenvalue weighted by Gasteiger charge is 2.59. The summed E-state index contributed by atoms with van der Waals surface area (Å²) in [4.78, 5) is 49.6. The molecule has 0 heterocycles. The maximum absolute atomic E-state index is 13.2. The zero-order valence-electron chi connectivity index (χ0n) is 15.9. The van der Waals surface area contributed by atoms with Crippen LogP contribution in [-0.4, -0.2) is 49.3 Å². The highest BCUT2D eigenvalue weighted by atomic mass is 16.3. The number of nitrogens with two attached hydrogens (primary N) is 1. The van der Waals surface area contributed by atoms with Gasteiger partial charge in [0.2, 0.25) is 5.78 Å². The van der Waals surface area contributed by atoms with Crippen LogP contribution in [0.1, 0.15) is 46.0 Å². The number of hydrogen-bond acceptors (Lipinski definition) is 8. The number of aromatic hydroxyl groups is 1. The molecular weight excluding hydrogens is 394 g/mol. The van der Waals surface area contributed by atoms with Gasteiger partial charge in [0.25, 0.3) is 5.91 Å². The molecule has 6 N–H and O–H groups in total. The molecule has 3 aliphatic rings. The molecule has 0 saturated carbocycles. The van der Waals surface area contributed by atoms with E-state index in [9.17, 15) is 39.6 Å². The average molecular weight is 413 g/mol. The number of carbonyl (C=O) groups is 4. The van der Waals surface area contributed by atoms with Crippen molar-refractivity contribution in [2.75, 3.05) is 0 Å². The number of amides is 1. The van der Waals surface area contributed by atoms with Crippen LogP contribution in [0.2, 0.25) is 0 Å². The number of aliphatic hydroxyl groups excluding tert-OH is 2. The predicted octanol–water partition coefficient (Wildman–Crippen LogP) is 0.783. The summed E-state index contributed by atoms with van der Waals surface area (Å²) in [5, 5.41) is 42.3. The Morgan fingerprint density at radius 3 is 2.40 bits per heavy atom. The van der Waals surface area contributed by atoms with Gasteiger partial charge >= 0.3 is 0 Å². The van der Waals surface area contributed by atoms with Crippen molar-refractivity contribution in [2.24, 2.45) is 17.6 Å². The summed E-state index contributed by atoms with van der Waals surface area (Å²) in [7, 11) is 0. The largest absolute Gasteiger partial charge is 0.511 e. The first-order valence-corrected chi connectivity index (χ1v) is 9.33. The van der Waals surface area contributed by atoms with Crippen molar-refractivity contribution in [2.45, 2.75) is 31.8 Å². The lowest BCUT2D eigenvalue weighted by atomic mass is 9.60. The van der Waals surface area contributed by atoms with Gasteiger partial charge in [-0.15, -0.1) is 0 Å². The van der Waals surface area contributed by atoms with Gasteiger partial charge in [-0.2, -0.15) is 0 Å². The quantitative estimate of drug-likeness (QED) is 0.349. The normalized spacial score (nSPS) is 28.1. The molecule has 9 heteroatoms. The Kier molecular flexibility index (Phi) is 4.14. The lowest BCUT2D eigenvalue weighted by molar-refractivity contribution is -0.144. The molecule has 3 atom stereocenters. The number of hydrogen-bond donors (Lipinski definition) is 5. The van der Waals surface area contributed by atoms with Gasteiger partial charge in [-0.05, 0) is 43.4 Å². The number of Topliss-reactive ketones (excluding diaryl/α,β-unsaturated/α-hetero) is 3. The van der Waals surface area contributed by atoms with Gasteiger partial charge in [0.15, 0.2) is 17.2 Å². The summed E-state index contributed by atoms with van der Waals surface area (Å²) in [5.74, 6) is -7.19. The van der Waals surface area contributed by atoms with Crippen LogP contribution in [0.5, 0.6) is 5.75 Å². The van der Waals surface area contributed by atoms with Gasteiger partial charge in [0.1, 0.15) is 22.8 Å². The lowest BCUT2D eigenvalue weighted by Gasteiger charge is -2.45. The second-order valence-corrected chi connectivity index (χ2v) is 7.95. The summed E-state index contributed by atoms with van der Waals surface area (Å²) < 4.78 is 0. The molecule has 0 saturated heterocycles. The first kappa shape index (κ1) is 19.8. The molecule has 4 rings (SSSR count). The van der Waals surface area contributed by atoms with Crippen LogP contribution in [0.4, 0.5) is 0 Å². The van der Waals surface area contributed by atoms with Gasteiger partial charge in [0, 0.05) is 23.5 Å². The summed E-state index contributed by atoms with van der Waals surface area (Å²) in [6.07, 6.45) is -0.164. The third kappa shape index (κ3) is 2.38. The van der Waals surface area contributed by atoms with Crippen LogP contribution in [0.25, 0.3) is 0 Å². The van der Waals surface area contributed by atoms with E-state index < -0.39 is 57.8 Å². The number of primary amides is 1. The molecule has 0 spiro atoms. The fraction of sp³-hybridized carbons (Fsp3) is 0.333. The monoisotopic (exact) mass is 413 g/mol. The summed E-state index contributed by atoms with van der Waals surface area (Å²) in [6.45, 7) is 1.33. The molecule has 0 aliphatic heterocycles. The number of carbonyl (C=O) groups excluding carboxylic acids is 4. The number of benzene rings is 1. The predicted molar refractivity (Wildman–Crippen MR) is 101 cm³/mol. The SMILES string of the molecule is CC(=O)c1ccc(O)c2c1C[C@H]1C[C@H]3CC(O)=C(C(N)=O)C(=O)[C@@]3(O)C(O)=C1C2=O. The van der Waals surface area contributed by atoms with Crippen LogP contribution in [0, 0.1) is 11.8 Å². The minimum Gasteiger partial charge on any atom is -0.511 e. The number of aliphatic hydroxyl groups is 3. The van der Waals surface area contributed by atoms with E-state index >= 15 is 0 Å². The highest BCUT2D eigenvalue weighted by Crippen LogP contribution is 2.51. The standard InChI is InChI=1S/C21H19NO8/c1-7(23)10-2-3-12(24)15-11(10)5-8-4-9-6-13(25)16(20(22)29)19(28)21(9,30)18(27)14(8)17(15)26/h2-3,8-9,24-25,27,30H,4-6H2,1H3,(H2,22,29)/t8-,9+,21+/m1/s1. The summed E-state index contributed by atoms with van der Waals surface area (Å²) in [6, 6.07) is 2.61. The number of allylic oxidation sites excluding steroid dienone is 2. The Morgan fingerprint density at radius 2 is 1.80 bits per heavy atom. The zero-order valence-corrected chi connectivity index (χ0v) is 15.9. The molecule has 9 nitrogen and oxygen atoms in total. The van der Waals surface area contributed by atoms with Crippen LogP contribution in [0.15, 0.2) is 34.8 Å². The third-order valence-electron chi connectivity index (χ3n) is 6.32. The second-order valence-electron chi connectivity index (χ2n) is 7.95. The number of phenols is 1. The van der Waals surface area contributed by atoms with Gasteiger partial charge < -0.3 is 26.2 Å². The number of ketones is 3. The molecule has 1 aromatic carbocycles. The Morgan fingerprint density at radius 1 is 1.13 bits per heavy atom. The molecule has 0 bridgehead atoms. The Hall–Kier alpha value is -3.46. The fourth-order valence-electron chi connectivity index (χ4n) is 4.95. The van der Waals surface area contributed by atoms with Gasteiger partial charge in [-0.3, -0.25) is 19.2 Å². The average Bonchev–Trinajstić information content (AvgIpc) is 2.64. The zero-order chi connectivity index (χ0) is 22.1. The van der Waals surface area contributed by atoms with Gasteiger partial charge in [0.05, 0.1) is 5.56 Å². The van der Waals surface area contributed by atoms with Gasteiger partial charge in [-0.1, -0.05) is 0 Å². The molecule has 156 valence electrons. The Labute approximate surface area is 170 Å². The number of fused-ring (bicyclic) bond motifs is 3. The maximum atomic E-state index is 13.2. The van der Waals surface area contributed by atoms with E-state index in [1.165, 1.54) is 19.1 Å². The minimum absolute atomic E-state index is 0.0237. The number of rotatable bonds is 2. The molecular formula is C21H19NO8. The van der Waals surface area contributed by atoms with Crippen LogP contribution in [0.3, 0.4) is 0 Å².